The highest BCUT2D eigenvalue weighted by Crippen LogP contribution is 2.27. The summed E-state index contributed by atoms with van der Waals surface area (Å²) in [6.07, 6.45) is 1.04. The Morgan fingerprint density at radius 1 is 1.10 bits per heavy atom. The number of carbonyl (C=O) groups is 2. The minimum atomic E-state index is -4.02. The Morgan fingerprint density at radius 2 is 1.71 bits per heavy atom. The SMILES string of the molecule is CC(C)(C)C(=O)N1CCC(C(=O)Nc2ccc(F)c(S(=O)(=O)N3CCOCC3)c2)CC1. The second-order valence-electron chi connectivity index (χ2n) is 8.97. The molecule has 2 saturated heterocycles. The predicted octanol–water partition coefficient (Wildman–Crippen LogP) is 2.07. The van der Waals surface area contributed by atoms with Crippen LogP contribution in [0.25, 0.3) is 0 Å². The first-order chi connectivity index (χ1) is 14.5. The van der Waals surface area contributed by atoms with Crippen LogP contribution in [0.3, 0.4) is 0 Å². The van der Waals surface area contributed by atoms with Crippen LogP contribution in [0.2, 0.25) is 0 Å². The fourth-order valence-corrected chi connectivity index (χ4v) is 5.27. The first-order valence-corrected chi connectivity index (χ1v) is 11.9. The van der Waals surface area contributed by atoms with Crippen LogP contribution in [0, 0.1) is 17.2 Å². The van der Waals surface area contributed by atoms with Gasteiger partial charge in [-0.15, -0.1) is 0 Å². The molecule has 0 spiro atoms. The number of nitrogens with zero attached hydrogens (tertiary/aromatic N) is 2. The van der Waals surface area contributed by atoms with Crippen LogP contribution in [-0.2, 0) is 24.3 Å². The van der Waals surface area contributed by atoms with Gasteiger partial charge in [0.05, 0.1) is 13.2 Å². The van der Waals surface area contributed by atoms with Crippen molar-refractivity contribution in [2.24, 2.45) is 11.3 Å². The number of nitrogens with one attached hydrogen (secondary N) is 1. The molecule has 31 heavy (non-hydrogen) atoms. The molecule has 0 atom stereocenters. The predicted molar refractivity (Wildman–Crippen MR) is 113 cm³/mol. The number of carbonyl (C=O) groups excluding carboxylic acids is 2. The second-order valence-corrected chi connectivity index (χ2v) is 10.9. The maximum Gasteiger partial charge on any atom is 0.246 e. The number of ether oxygens (including phenoxy) is 1. The van der Waals surface area contributed by atoms with Crippen LogP contribution in [0.1, 0.15) is 33.6 Å². The number of likely N-dealkylation sites (tertiary alicyclic amines) is 1. The molecule has 2 aliphatic rings. The summed E-state index contributed by atoms with van der Waals surface area (Å²) < 4.78 is 46.3. The Bertz CT molecular complexity index is 931. The molecule has 2 heterocycles. The van der Waals surface area contributed by atoms with E-state index in [2.05, 4.69) is 5.32 Å². The van der Waals surface area contributed by atoms with Crippen LogP contribution in [-0.4, -0.2) is 68.8 Å². The average molecular weight is 456 g/mol. The van der Waals surface area contributed by atoms with Crippen LogP contribution >= 0.6 is 0 Å². The van der Waals surface area contributed by atoms with Crippen molar-refractivity contribution < 1.29 is 27.1 Å². The summed E-state index contributed by atoms with van der Waals surface area (Å²) in [7, 11) is -4.02. The molecule has 0 aromatic heterocycles. The number of hydrogen-bond donors (Lipinski definition) is 1. The number of halogens is 1. The van der Waals surface area contributed by atoms with Gasteiger partial charge in [0.1, 0.15) is 10.7 Å². The van der Waals surface area contributed by atoms with Gasteiger partial charge >= 0.3 is 0 Å². The number of amides is 2. The standard InChI is InChI=1S/C21H30FN3O5S/c1-21(2,3)20(27)24-8-6-15(7-9-24)19(26)23-16-4-5-17(22)18(14-16)31(28,29)25-10-12-30-13-11-25/h4-5,14-15H,6-13H2,1-3H3,(H,23,26). The van der Waals surface area contributed by atoms with E-state index < -0.39 is 26.2 Å². The third kappa shape index (κ3) is 5.42. The van der Waals surface area contributed by atoms with E-state index in [9.17, 15) is 22.4 Å². The van der Waals surface area contributed by atoms with Gasteiger partial charge in [0.15, 0.2) is 0 Å². The van der Waals surface area contributed by atoms with Crippen molar-refractivity contribution in [2.75, 3.05) is 44.7 Å². The summed E-state index contributed by atoms with van der Waals surface area (Å²) in [5.41, 5.74) is -0.239. The average Bonchev–Trinajstić information content (AvgIpc) is 2.74. The first-order valence-electron chi connectivity index (χ1n) is 10.5. The molecule has 3 rings (SSSR count). The number of sulfonamides is 1. The minimum absolute atomic E-state index is 0.0582. The molecule has 1 aromatic carbocycles. The van der Waals surface area contributed by atoms with E-state index in [0.29, 0.717) is 25.9 Å². The minimum Gasteiger partial charge on any atom is -0.379 e. The molecule has 0 radical (unpaired) electrons. The maximum absolute atomic E-state index is 14.3. The van der Waals surface area contributed by atoms with Gasteiger partial charge in [0.25, 0.3) is 0 Å². The normalized spacial score (nSPS) is 19.3. The van der Waals surface area contributed by atoms with Gasteiger partial charge < -0.3 is 15.0 Å². The molecule has 0 aliphatic carbocycles. The van der Waals surface area contributed by atoms with E-state index in [1.54, 1.807) is 4.90 Å². The molecule has 8 nitrogen and oxygen atoms in total. The van der Waals surface area contributed by atoms with Crippen molar-refractivity contribution in [3.05, 3.63) is 24.0 Å². The molecule has 2 fully saturated rings. The number of piperidine rings is 1. The lowest BCUT2D eigenvalue weighted by molar-refractivity contribution is -0.142. The number of benzene rings is 1. The lowest BCUT2D eigenvalue weighted by Crippen LogP contribution is -2.45. The van der Waals surface area contributed by atoms with E-state index >= 15 is 0 Å². The van der Waals surface area contributed by atoms with Crippen molar-refractivity contribution in [3.63, 3.8) is 0 Å². The summed E-state index contributed by atoms with van der Waals surface area (Å²) in [4.78, 5) is 26.4. The van der Waals surface area contributed by atoms with E-state index in [0.717, 1.165) is 12.1 Å². The maximum atomic E-state index is 14.3. The topological polar surface area (TPSA) is 96.0 Å². The van der Waals surface area contributed by atoms with Gasteiger partial charge in [-0.2, -0.15) is 4.31 Å². The van der Waals surface area contributed by atoms with Crippen molar-refractivity contribution in [1.82, 2.24) is 9.21 Å². The third-order valence-electron chi connectivity index (χ3n) is 5.58. The molecule has 0 saturated carbocycles. The highest BCUT2D eigenvalue weighted by Gasteiger charge is 2.33. The number of hydrogen-bond acceptors (Lipinski definition) is 5. The van der Waals surface area contributed by atoms with Gasteiger partial charge in [-0.05, 0) is 31.0 Å². The molecule has 172 valence electrons. The lowest BCUT2D eigenvalue weighted by atomic mass is 9.90. The highest BCUT2D eigenvalue weighted by molar-refractivity contribution is 7.89. The molecule has 0 unspecified atom stereocenters. The Morgan fingerprint density at radius 3 is 2.29 bits per heavy atom. The number of anilines is 1. The Kier molecular flexibility index (Phi) is 7.02. The van der Waals surface area contributed by atoms with Gasteiger partial charge in [-0.3, -0.25) is 9.59 Å². The van der Waals surface area contributed by atoms with Crippen LogP contribution in [0.15, 0.2) is 23.1 Å². The van der Waals surface area contributed by atoms with Crippen molar-refractivity contribution >= 4 is 27.5 Å². The monoisotopic (exact) mass is 455 g/mol. The third-order valence-corrected chi connectivity index (χ3v) is 7.49. The van der Waals surface area contributed by atoms with E-state index in [1.165, 1.54) is 10.4 Å². The zero-order valence-electron chi connectivity index (χ0n) is 18.2. The largest absolute Gasteiger partial charge is 0.379 e. The van der Waals surface area contributed by atoms with Gasteiger partial charge in [-0.1, -0.05) is 20.8 Å². The summed E-state index contributed by atoms with van der Waals surface area (Å²) in [6.45, 7) is 7.42. The summed E-state index contributed by atoms with van der Waals surface area (Å²) >= 11 is 0. The van der Waals surface area contributed by atoms with Crippen molar-refractivity contribution in [2.45, 2.75) is 38.5 Å². The molecule has 2 aliphatic heterocycles. The van der Waals surface area contributed by atoms with Crippen LogP contribution < -0.4 is 5.32 Å². The molecular formula is C21H30FN3O5S. The highest BCUT2D eigenvalue weighted by atomic mass is 32.2. The van der Waals surface area contributed by atoms with Crippen molar-refractivity contribution in [1.29, 1.82) is 0 Å². The summed E-state index contributed by atoms with van der Waals surface area (Å²) in [5, 5.41) is 2.71. The van der Waals surface area contributed by atoms with E-state index in [-0.39, 0.29) is 49.7 Å². The van der Waals surface area contributed by atoms with E-state index in [4.69, 9.17) is 4.74 Å². The first kappa shape index (κ1) is 23.6. The van der Waals surface area contributed by atoms with Crippen molar-refractivity contribution in [3.8, 4) is 0 Å². The Hall–Kier alpha value is -2.04. The number of morpholine rings is 1. The Labute approximate surface area is 182 Å². The quantitative estimate of drug-likeness (QED) is 0.750. The molecule has 2 amide bonds. The zero-order valence-corrected chi connectivity index (χ0v) is 19.0. The van der Waals surface area contributed by atoms with Crippen LogP contribution in [0.5, 0.6) is 0 Å². The smallest absolute Gasteiger partial charge is 0.246 e. The fourth-order valence-electron chi connectivity index (χ4n) is 3.77. The second kappa shape index (κ2) is 9.22. The molecule has 10 heteroatoms. The molecule has 1 N–H and O–H groups in total. The fraction of sp³-hybridized carbons (Fsp3) is 0.619. The summed E-state index contributed by atoms with van der Waals surface area (Å²) in [6, 6.07) is 3.56. The van der Waals surface area contributed by atoms with Crippen LogP contribution in [0.4, 0.5) is 10.1 Å². The van der Waals surface area contributed by atoms with E-state index in [1.807, 2.05) is 20.8 Å². The molecule has 0 bridgehead atoms. The van der Waals surface area contributed by atoms with Gasteiger partial charge in [0, 0.05) is 43.2 Å². The van der Waals surface area contributed by atoms with Gasteiger partial charge in [0.2, 0.25) is 21.8 Å². The zero-order chi connectivity index (χ0) is 22.8. The molecule has 1 aromatic rings. The van der Waals surface area contributed by atoms with Gasteiger partial charge in [-0.25, -0.2) is 12.8 Å². The molecular weight excluding hydrogens is 425 g/mol. The summed E-state index contributed by atoms with van der Waals surface area (Å²) in [5.74, 6) is -1.36. The number of rotatable bonds is 4. The lowest BCUT2D eigenvalue weighted by Gasteiger charge is -2.35. The Balaban J connectivity index is 1.66.